The first kappa shape index (κ1) is 9.48. The molecular weight excluding hydrogens is 156 g/mol. The molecule has 0 aromatic rings. The van der Waals surface area contributed by atoms with Gasteiger partial charge >= 0.3 is 5.97 Å². The van der Waals surface area contributed by atoms with E-state index in [4.69, 9.17) is 5.11 Å². The lowest BCUT2D eigenvalue weighted by atomic mass is 9.80. The van der Waals surface area contributed by atoms with Crippen LogP contribution in [0.3, 0.4) is 0 Å². The summed E-state index contributed by atoms with van der Waals surface area (Å²) in [6.45, 7) is 1.86. The molecule has 0 unspecified atom stereocenters. The molecule has 12 heavy (non-hydrogen) atoms. The summed E-state index contributed by atoms with van der Waals surface area (Å²) in [5, 5.41) is 14.9. The summed E-state index contributed by atoms with van der Waals surface area (Å²) in [6.07, 6.45) is 1.58. The third kappa shape index (κ3) is 2.46. The second kappa shape index (κ2) is 4.42. The highest BCUT2D eigenvalue weighted by Gasteiger charge is 2.33. The Kier molecular flexibility index (Phi) is 3.49. The van der Waals surface area contributed by atoms with Gasteiger partial charge in [0.2, 0.25) is 0 Å². The summed E-state index contributed by atoms with van der Waals surface area (Å²) < 4.78 is 0. The standard InChI is InChI=1S/C8H16N2O2/c1-9-2-3-10-7-4-6(5-7)8(11)12/h6-7,9-10H,2-5H2,1H3,(H,11,12)/t6-,7-. The van der Waals surface area contributed by atoms with E-state index in [-0.39, 0.29) is 5.92 Å². The van der Waals surface area contributed by atoms with Crippen molar-refractivity contribution in [2.45, 2.75) is 18.9 Å². The van der Waals surface area contributed by atoms with Crippen molar-refractivity contribution in [2.24, 2.45) is 5.92 Å². The molecule has 1 aliphatic carbocycles. The summed E-state index contributed by atoms with van der Waals surface area (Å²) in [5.74, 6) is -0.751. The van der Waals surface area contributed by atoms with E-state index in [0.717, 1.165) is 25.9 Å². The third-order valence-corrected chi connectivity index (χ3v) is 2.30. The molecule has 70 valence electrons. The van der Waals surface area contributed by atoms with Gasteiger partial charge < -0.3 is 15.7 Å². The molecule has 4 nitrogen and oxygen atoms in total. The number of nitrogens with one attached hydrogen (secondary N) is 2. The molecule has 0 aromatic carbocycles. The Morgan fingerprint density at radius 2 is 2.17 bits per heavy atom. The van der Waals surface area contributed by atoms with E-state index in [1.54, 1.807) is 0 Å². The average Bonchev–Trinajstić information content (AvgIpc) is 1.93. The van der Waals surface area contributed by atoms with Crippen LogP contribution in [0.15, 0.2) is 0 Å². The molecule has 0 aromatic heterocycles. The maximum atomic E-state index is 10.4. The Hall–Kier alpha value is -0.610. The molecule has 0 bridgehead atoms. The van der Waals surface area contributed by atoms with E-state index in [2.05, 4.69) is 10.6 Å². The van der Waals surface area contributed by atoms with Crippen LogP contribution >= 0.6 is 0 Å². The minimum absolute atomic E-state index is 0.0999. The second-order valence-corrected chi connectivity index (χ2v) is 3.26. The van der Waals surface area contributed by atoms with Crippen LogP contribution in [-0.2, 0) is 4.79 Å². The van der Waals surface area contributed by atoms with Gasteiger partial charge in [0.1, 0.15) is 0 Å². The Balaban J connectivity index is 1.98. The smallest absolute Gasteiger partial charge is 0.306 e. The fourth-order valence-electron chi connectivity index (χ4n) is 1.39. The lowest BCUT2D eigenvalue weighted by Crippen LogP contribution is -2.45. The number of carboxylic acids is 1. The molecule has 4 heteroatoms. The summed E-state index contributed by atoms with van der Waals surface area (Å²) in [5.41, 5.74) is 0. The van der Waals surface area contributed by atoms with Gasteiger partial charge in [0.25, 0.3) is 0 Å². The van der Waals surface area contributed by atoms with Crippen molar-refractivity contribution in [2.75, 3.05) is 20.1 Å². The van der Waals surface area contributed by atoms with Gasteiger partial charge in [-0.05, 0) is 19.9 Å². The number of carbonyl (C=O) groups is 1. The highest BCUT2D eigenvalue weighted by atomic mass is 16.4. The molecule has 0 heterocycles. The maximum Gasteiger partial charge on any atom is 0.306 e. The van der Waals surface area contributed by atoms with Gasteiger partial charge in [0.15, 0.2) is 0 Å². The van der Waals surface area contributed by atoms with E-state index < -0.39 is 5.97 Å². The van der Waals surface area contributed by atoms with Gasteiger partial charge in [-0.25, -0.2) is 0 Å². The quantitative estimate of drug-likeness (QED) is 0.496. The van der Waals surface area contributed by atoms with Crippen LogP contribution in [0.2, 0.25) is 0 Å². The number of hydrogen-bond acceptors (Lipinski definition) is 3. The Bertz CT molecular complexity index is 155. The predicted molar refractivity (Wildman–Crippen MR) is 46.1 cm³/mol. The normalized spacial score (nSPS) is 28.1. The summed E-state index contributed by atoms with van der Waals surface area (Å²) in [4.78, 5) is 10.4. The fourth-order valence-corrected chi connectivity index (χ4v) is 1.39. The zero-order chi connectivity index (χ0) is 8.97. The lowest BCUT2D eigenvalue weighted by Gasteiger charge is -2.33. The van der Waals surface area contributed by atoms with Gasteiger partial charge in [-0.3, -0.25) is 4.79 Å². The second-order valence-electron chi connectivity index (χ2n) is 3.26. The van der Waals surface area contributed by atoms with Gasteiger partial charge in [-0.1, -0.05) is 0 Å². The van der Waals surface area contributed by atoms with Gasteiger partial charge in [-0.2, -0.15) is 0 Å². The van der Waals surface area contributed by atoms with Gasteiger partial charge in [-0.15, -0.1) is 0 Å². The van der Waals surface area contributed by atoms with Crippen molar-refractivity contribution in [3.8, 4) is 0 Å². The van der Waals surface area contributed by atoms with Crippen molar-refractivity contribution in [1.82, 2.24) is 10.6 Å². The van der Waals surface area contributed by atoms with Crippen LogP contribution in [0.1, 0.15) is 12.8 Å². The van der Waals surface area contributed by atoms with Crippen LogP contribution in [0.25, 0.3) is 0 Å². The number of rotatable bonds is 5. The molecule has 1 aliphatic rings. The molecular formula is C8H16N2O2. The molecule has 1 rings (SSSR count). The Labute approximate surface area is 72.3 Å². The Morgan fingerprint density at radius 3 is 2.67 bits per heavy atom. The zero-order valence-corrected chi connectivity index (χ0v) is 7.34. The molecule has 0 amide bonds. The lowest BCUT2D eigenvalue weighted by molar-refractivity contribution is -0.145. The molecule has 0 radical (unpaired) electrons. The van der Waals surface area contributed by atoms with Crippen LogP contribution in [0.4, 0.5) is 0 Å². The third-order valence-electron chi connectivity index (χ3n) is 2.30. The topological polar surface area (TPSA) is 61.4 Å². The number of carboxylic acid groups (broad SMARTS) is 1. The zero-order valence-electron chi connectivity index (χ0n) is 7.34. The van der Waals surface area contributed by atoms with Crippen LogP contribution in [0.5, 0.6) is 0 Å². The summed E-state index contributed by atoms with van der Waals surface area (Å²) in [7, 11) is 1.91. The number of aliphatic carboxylic acids is 1. The maximum absolute atomic E-state index is 10.4. The van der Waals surface area contributed by atoms with E-state index in [1.807, 2.05) is 7.05 Å². The number of hydrogen-bond donors (Lipinski definition) is 3. The van der Waals surface area contributed by atoms with E-state index in [0.29, 0.717) is 6.04 Å². The predicted octanol–water partition coefficient (Wildman–Crippen LogP) is -0.341. The fraction of sp³-hybridized carbons (Fsp3) is 0.875. The molecule has 0 aliphatic heterocycles. The monoisotopic (exact) mass is 172 g/mol. The summed E-state index contributed by atoms with van der Waals surface area (Å²) >= 11 is 0. The van der Waals surface area contributed by atoms with Crippen molar-refractivity contribution in [3.63, 3.8) is 0 Å². The molecule has 0 atom stereocenters. The number of likely N-dealkylation sites (N-methyl/N-ethyl adjacent to an activating group) is 1. The highest BCUT2D eigenvalue weighted by Crippen LogP contribution is 2.26. The largest absolute Gasteiger partial charge is 0.481 e. The average molecular weight is 172 g/mol. The van der Waals surface area contributed by atoms with E-state index >= 15 is 0 Å². The van der Waals surface area contributed by atoms with E-state index in [9.17, 15) is 4.79 Å². The van der Waals surface area contributed by atoms with Crippen molar-refractivity contribution in [3.05, 3.63) is 0 Å². The van der Waals surface area contributed by atoms with Gasteiger partial charge in [0.05, 0.1) is 5.92 Å². The molecule has 3 N–H and O–H groups in total. The SMILES string of the molecule is CNCCN[C@H]1C[C@H](C(=O)O)C1. The van der Waals surface area contributed by atoms with Crippen LogP contribution in [-0.4, -0.2) is 37.3 Å². The van der Waals surface area contributed by atoms with Crippen molar-refractivity contribution in [1.29, 1.82) is 0 Å². The first-order chi connectivity index (χ1) is 5.74. The van der Waals surface area contributed by atoms with Crippen LogP contribution in [0, 0.1) is 5.92 Å². The molecule has 1 saturated carbocycles. The minimum Gasteiger partial charge on any atom is -0.481 e. The van der Waals surface area contributed by atoms with Crippen molar-refractivity contribution < 1.29 is 9.90 Å². The van der Waals surface area contributed by atoms with Crippen LogP contribution < -0.4 is 10.6 Å². The van der Waals surface area contributed by atoms with E-state index in [1.165, 1.54) is 0 Å². The molecule has 0 spiro atoms. The Morgan fingerprint density at radius 1 is 1.50 bits per heavy atom. The van der Waals surface area contributed by atoms with Gasteiger partial charge in [0, 0.05) is 19.1 Å². The molecule has 1 fully saturated rings. The first-order valence-electron chi connectivity index (χ1n) is 4.35. The molecule has 0 saturated heterocycles. The highest BCUT2D eigenvalue weighted by molar-refractivity contribution is 5.71. The van der Waals surface area contributed by atoms with Crippen molar-refractivity contribution >= 4 is 5.97 Å². The summed E-state index contributed by atoms with van der Waals surface area (Å²) in [6, 6.07) is 0.430. The minimum atomic E-state index is -0.651. The first-order valence-corrected chi connectivity index (χ1v) is 4.35.